The summed E-state index contributed by atoms with van der Waals surface area (Å²) in [5.41, 5.74) is 0.644. The van der Waals surface area contributed by atoms with Crippen LogP contribution in [0.25, 0.3) is 0 Å². The second-order valence-electron chi connectivity index (χ2n) is 2.89. The molecule has 0 N–H and O–H groups in total. The van der Waals surface area contributed by atoms with Gasteiger partial charge in [0, 0.05) is 22.5 Å². The summed E-state index contributed by atoms with van der Waals surface area (Å²) in [4.78, 5) is 10.7. The van der Waals surface area contributed by atoms with Gasteiger partial charge in [0.15, 0.2) is 0 Å². The number of hydrogen-bond acceptors (Lipinski definition) is 2. The summed E-state index contributed by atoms with van der Waals surface area (Å²) in [6, 6.07) is 5.17. The summed E-state index contributed by atoms with van der Waals surface area (Å²) >= 11 is 11.9. The van der Waals surface area contributed by atoms with Gasteiger partial charge >= 0.3 is 5.97 Å². The normalized spacial score (nSPS) is 12.3. The molecule has 1 rings (SSSR count). The average Bonchev–Trinajstić information content (AvgIpc) is 2.01. The molecule has 1 atom stereocenters. The van der Waals surface area contributed by atoms with Crippen LogP contribution in [0.4, 0.5) is 0 Å². The summed E-state index contributed by atoms with van der Waals surface area (Å²) in [6.07, 6.45) is -0.423. The Morgan fingerprint density at radius 1 is 1.36 bits per heavy atom. The van der Waals surface area contributed by atoms with Crippen LogP contribution in [0, 0.1) is 0 Å². The Balaban J connectivity index is 2.99. The van der Waals surface area contributed by atoms with Gasteiger partial charge in [-0.2, -0.15) is 0 Å². The Labute approximate surface area is 92.8 Å². The van der Waals surface area contributed by atoms with Crippen LogP contribution < -0.4 is 0 Å². The van der Waals surface area contributed by atoms with E-state index in [1.54, 1.807) is 25.1 Å². The first kappa shape index (κ1) is 11.3. The Morgan fingerprint density at radius 3 is 2.29 bits per heavy atom. The molecule has 4 heteroatoms. The third kappa shape index (κ3) is 2.63. The Morgan fingerprint density at radius 2 is 1.86 bits per heavy atom. The van der Waals surface area contributed by atoms with Crippen LogP contribution in [0.3, 0.4) is 0 Å². The van der Waals surface area contributed by atoms with Gasteiger partial charge in [-0.25, -0.2) is 0 Å². The van der Waals surface area contributed by atoms with Crippen molar-refractivity contribution >= 4 is 29.2 Å². The van der Waals surface area contributed by atoms with E-state index < -0.39 is 6.10 Å². The monoisotopic (exact) mass is 232 g/mol. The van der Waals surface area contributed by atoms with Crippen LogP contribution in [0.15, 0.2) is 18.2 Å². The molecule has 1 aromatic carbocycles. The van der Waals surface area contributed by atoms with Gasteiger partial charge in [0.1, 0.15) is 6.10 Å². The average molecular weight is 233 g/mol. The molecule has 1 aromatic rings. The zero-order valence-electron chi connectivity index (χ0n) is 7.88. The number of ether oxygens (including phenoxy) is 1. The van der Waals surface area contributed by atoms with Gasteiger partial charge in [-0.3, -0.25) is 4.79 Å². The number of esters is 1. The van der Waals surface area contributed by atoms with E-state index >= 15 is 0 Å². The van der Waals surface area contributed by atoms with Crippen molar-refractivity contribution in [2.75, 3.05) is 0 Å². The Kier molecular flexibility index (Phi) is 3.78. The molecular weight excluding hydrogens is 223 g/mol. The molecule has 0 spiro atoms. The molecule has 0 aliphatic rings. The Hall–Kier alpha value is -0.730. The fourth-order valence-corrected chi connectivity index (χ4v) is 1.91. The number of rotatable bonds is 2. The lowest BCUT2D eigenvalue weighted by Gasteiger charge is -2.14. The molecule has 0 fully saturated rings. The lowest BCUT2D eigenvalue weighted by molar-refractivity contribution is -0.145. The number of carbonyl (C=O) groups is 1. The van der Waals surface area contributed by atoms with Gasteiger partial charge in [-0.05, 0) is 19.1 Å². The van der Waals surface area contributed by atoms with Crippen molar-refractivity contribution in [1.82, 2.24) is 0 Å². The molecule has 0 aliphatic heterocycles. The maximum absolute atomic E-state index is 10.7. The van der Waals surface area contributed by atoms with E-state index in [9.17, 15) is 4.79 Å². The number of carbonyl (C=O) groups excluding carboxylic acids is 1. The van der Waals surface area contributed by atoms with Crippen LogP contribution in [-0.4, -0.2) is 5.97 Å². The van der Waals surface area contributed by atoms with Crippen molar-refractivity contribution in [2.24, 2.45) is 0 Å². The number of halogens is 2. The summed E-state index contributed by atoms with van der Waals surface area (Å²) in [5, 5.41) is 1.01. The molecule has 0 radical (unpaired) electrons. The predicted octanol–water partition coefficient (Wildman–Crippen LogP) is 3.62. The van der Waals surface area contributed by atoms with E-state index in [2.05, 4.69) is 0 Å². The predicted molar refractivity (Wildman–Crippen MR) is 56.6 cm³/mol. The highest BCUT2D eigenvalue weighted by atomic mass is 35.5. The summed E-state index contributed by atoms with van der Waals surface area (Å²) in [7, 11) is 0. The lowest BCUT2D eigenvalue weighted by Crippen LogP contribution is -2.05. The van der Waals surface area contributed by atoms with E-state index in [-0.39, 0.29) is 5.97 Å². The van der Waals surface area contributed by atoms with Crippen LogP contribution in [0.1, 0.15) is 25.5 Å². The lowest BCUT2D eigenvalue weighted by atomic mass is 10.1. The van der Waals surface area contributed by atoms with E-state index in [0.717, 1.165) is 0 Å². The van der Waals surface area contributed by atoms with Crippen molar-refractivity contribution in [3.8, 4) is 0 Å². The molecule has 0 saturated heterocycles. The van der Waals surface area contributed by atoms with E-state index in [1.165, 1.54) is 6.92 Å². The van der Waals surface area contributed by atoms with Crippen molar-refractivity contribution < 1.29 is 9.53 Å². The number of benzene rings is 1. The van der Waals surface area contributed by atoms with Crippen LogP contribution in [0.5, 0.6) is 0 Å². The van der Waals surface area contributed by atoms with E-state index in [0.29, 0.717) is 15.6 Å². The second-order valence-corrected chi connectivity index (χ2v) is 3.70. The van der Waals surface area contributed by atoms with Crippen molar-refractivity contribution in [2.45, 2.75) is 20.0 Å². The van der Waals surface area contributed by atoms with Gasteiger partial charge in [0.05, 0.1) is 0 Å². The first-order valence-electron chi connectivity index (χ1n) is 4.13. The third-order valence-electron chi connectivity index (χ3n) is 1.75. The Bertz CT molecular complexity index is 330. The maximum atomic E-state index is 10.7. The first-order valence-corrected chi connectivity index (χ1v) is 4.89. The minimum atomic E-state index is -0.423. The SMILES string of the molecule is CC(=O)O[C@@H](C)c1c(Cl)cccc1Cl. The maximum Gasteiger partial charge on any atom is 0.303 e. The van der Waals surface area contributed by atoms with Gasteiger partial charge in [-0.15, -0.1) is 0 Å². The van der Waals surface area contributed by atoms with Gasteiger partial charge in [-0.1, -0.05) is 29.3 Å². The van der Waals surface area contributed by atoms with Crippen LogP contribution >= 0.6 is 23.2 Å². The highest BCUT2D eigenvalue weighted by Gasteiger charge is 2.15. The molecule has 0 heterocycles. The van der Waals surface area contributed by atoms with Crippen molar-refractivity contribution in [3.05, 3.63) is 33.8 Å². The molecule has 0 saturated carbocycles. The molecule has 0 unspecified atom stereocenters. The largest absolute Gasteiger partial charge is 0.458 e. The third-order valence-corrected chi connectivity index (χ3v) is 2.41. The molecule has 0 aliphatic carbocycles. The quantitative estimate of drug-likeness (QED) is 0.729. The zero-order valence-corrected chi connectivity index (χ0v) is 9.39. The molecule has 76 valence electrons. The number of hydrogen-bond donors (Lipinski definition) is 0. The molecule has 0 aromatic heterocycles. The van der Waals surface area contributed by atoms with Crippen LogP contribution in [-0.2, 0) is 9.53 Å². The molecule has 0 bridgehead atoms. The molecule has 14 heavy (non-hydrogen) atoms. The van der Waals surface area contributed by atoms with Gasteiger partial charge < -0.3 is 4.74 Å². The highest BCUT2D eigenvalue weighted by molar-refractivity contribution is 6.36. The van der Waals surface area contributed by atoms with Crippen LogP contribution in [0.2, 0.25) is 10.0 Å². The smallest absolute Gasteiger partial charge is 0.303 e. The van der Waals surface area contributed by atoms with Gasteiger partial charge in [0.25, 0.3) is 0 Å². The fraction of sp³-hybridized carbons (Fsp3) is 0.300. The summed E-state index contributed by atoms with van der Waals surface area (Å²) in [5.74, 6) is -0.353. The minimum Gasteiger partial charge on any atom is -0.458 e. The molecular formula is C10H10Cl2O2. The second kappa shape index (κ2) is 4.67. The first-order chi connectivity index (χ1) is 6.52. The molecule has 0 amide bonds. The van der Waals surface area contributed by atoms with Gasteiger partial charge in [0.2, 0.25) is 0 Å². The topological polar surface area (TPSA) is 26.3 Å². The summed E-state index contributed by atoms with van der Waals surface area (Å²) < 4.78 is 4.99. The molecule has 2 nitrogen and oxygen atoms in total. The summed E-state index contributed by atoms with van der Waals surface area (Å²) in [6.45, 7) is 3.08. The van der Waals surface area contributed by atoms with E-state index in [1.807, 2.05) is 0 Å². The van der Waals surface area contributed by atoms with E-state index in [4.69, 9.17) is 27.9 Å². The van der Waals surface area contributed by atoms with Crippen molar-refractivity contribution in [1.29, 1.82) is 0 Å². The fourth-order valence-electron chi connectivity index (χ4n) is 1.21. The minimum absolute atomic E-state index is 0.353. The van der Waals surface area contributed by atoms with Crippen molar-refractivity contribution in [3.63, 3.8) is 0 Å². The highest BCUT2D eigenvalue weighted by Crippen LogP contribution is 2.31. The standard InChI is InChI=1S/C10H10Cl2O2/c1-6(14-7(2)13)10-8(11)4-3-5-9(10)12/h3-6H,1-2H3/t6-/m0/s1. The zero-order chi connectivity index (χ0) is 10.7.